The van der Waals surface area contributed by atoms with E-state index in [2.05, 4.69) is 42.2 Å². The quantitative estimate of drug-likeness (QED) is 0.718. The van der Waals surface area contributed by atoms with Gasteiger partial charge in [-0.3, -0.25) is 4.68 Å². The predicted molar refractivity (Wildman–Crippen MR) is 66.2 cm³/mol. The fourth-order valence-electron chi connectivity index (χ4n) is 1.50. The number of nitrogens with one attached hydrogen (secondary N) is 1. The van der Waals surface area contributed by atoms with Crippen LogP contribution in [-0.2, 0) is 6.54 Å². The highest BCUT2D eigenvalue weighted by atomic mass is 15.3. The van der Waals surface area contributed by atoms with Crippen LogP contribution in [0.4, 0.5) is 0 Å². The minimum atomic E-state index is 0.555. The summed E-state index contributed by atoms with van der Waals surface area (Å²) in [6, 6.07) is 0.555. The van der Waals surface area contributed by atoms with Gasteiger partial charge in [-0.15, -0.1) is 0 Å². The third kappa shape index (κ3) is 5.66. The second kappa shape index (κ2) is 7.17. The number of nitrogens with zero attached hydrogens (tertiary/aromatic N) is 3. The number of rotatable bonds is 7. The molecule has 1 atom stereocenters. The largest absolute Gasteiger partial charge is 0.312 e. The van der Waals surface area contributed by atoms with Gasteiger partial charge < -0.3 is 5.32 Å². The normalized spacial score (nSPS) is 12.4. The number of hydrogen-bond donors (Lipinski definition) is 1. The molecule has 16 heavy (non-hydrogen) atoms. The Labute approximate surface area is 97.8 Å². The molecule has 1 N–H and O–H groups in total. The highest BCUT2D eigenvalue weighted by molar-refractivity contribution is 4.93. The molecular formula is C12H22N4. The molecule has 4 nitrogen and oxygen atoms in total. The zero-order valence-corrected chi connectivity index (χ0v) is 10.5. The van der Waals surface area contributed by atoms with Crippen molar-refractivity contribution in [1.29, 1.82) is 0 Å². The average molecular weight is 222 g/mol. The van der Waals surface area contributed by atoms with Crippen molar-refractivity contribution in [2.24, 2.45) is 0 Å². The summed E-state index contributed by atoms with van der Waals surface area (Å²) in [6.07, 6.45) is 7.94. The van der Waals surface area contributed by atoms with Gasteiger partial charge in [0.25, 0.3) is 0 Å². The molecule has 4 heteroatoms. The average Bonchev–Trinajstić information content (AvgIpc) is 2.70. The lowest BCUT2D eigenvalue weighted by Crippen LogP contribution is -2.29. The topological polar surface area (TPSA) is 42.7 Å². The maximum absolute atomic E-state index is 4.05. The van der Waals surface area contributed by atoms with Crippen molar-refractivity contribution in [3.63, 3.8) is 0 Å². The van der Waals surface area contributed by atoms with E-state index in [9.17, 15) is 0 Å². The maximum Gasteiger partial charge on any atom is 0.137 e. The van der Waals surface area contributed by atoms with E-state index in [1.165, 1.54) is 12.0 Å². The Morgan fingerprint density at radius 3 is 2.94 bits per heavy atom. The SMILES string of the molecule is CC(C)=CCCC(C)NCCn1cncn1. The van der Waals surface area contributed by atoms with Crippen molar-refractivity contribution in [1.82, 2.24) is 20.1 Å². The van der Waals surface area contributed by atoms with Crippen molar-refractivity contribution in [3.05, 3.63) is 24.3 Å². The Morgan fingerprint density at radius 2 is 2.31 bits per heavy atom. The molecule has 1 aromatic rings. The lowest BCUT2D eigenvalue weighted by atomic mass is 10.1. The van der Waals surface area contributed by atoms with Crippen LogP contribution < -0.4 is 5.32 Å². The summed E-state index contributed by atoms with van der Waals surface area (Å²) in [6.45, 7) is 8.33. The van der Waals surface area contributed by atoms with Gasteiger partial charge in [0.1, 0.15) is 12.7 Å². The molecule has 0 radical (unpaired) electrons. The number of aromatic nitrogens is 3. The van der Waals surface area contributed by atoms with Gasteiger partial charge in [-0.1, -0.05) is 11.6 Å². The van der Waals surface area contributed by atoms with E-state index < -0.39 is 0 Å². The Kier molecular flexibility index (Phi) is 5.78. The Balaban J connectivity index is 2.06. The van der Waals surface area contributed by atoms with Crippen molar-refractivity contribution in [2.45, 2.75) is 46.2 Å². The Bertz CT molecular complexity index is 299. The van der Waals surface area contributed by atoms with Crippen LogP contribution in [0.1, 0.15) is 33.6 Å². The summed E-state index contributed by atoms with van der Waals surface area (Å²) in [5.41, 5.74) is 1.40. The second-order valence-electron chi connectivity index (χ2n) is 4.37. The summed E-state index contributed by atoms with van der Waals surface area (Å²) in [5, 5.41) is 7.53. The molecule has 1 heterocycles. The third-order valence-corrected chi connectivity index (χ3v) is 2.45. The summed E-state index contributed by atoms with van der Waals surface area (Å²) < 4.78 is 1.84. The molecule has 1 unspecified atom stereocenters. The van der Waals surface area contributed by atoms with Gasteiger partial charge in [-0.25, -0.2) is 4.98 Å². The molecule has 0 aliphatic carbocycles. The molecule has 0 aromatic carbocycles. The molecule has 0 aliphatic rings. The van der Waals surface area contributed by atoms with Crippen LogP contribution in [0.2, 0.25) is 0 Å². The van der Waals surface area contributed by atoms with E-state index >= 15 is 0 Å². The van der Waals surface area contributed by atoms with Crippen molar-refractivity contribution >= 4 is 0 Å². The third-order valence-electron chi connectivity index (χ3n) is 2.45. The van der Waals surface area contributed by atoms with Crippen LogP contribution in [0.5, 0.6) is 0 Å². The Hall–Kier alpha value is -1.16. The lowest BCUT2D eigenvalue weighted by Gasteiger charge is -2.12. The number of allylic oxidation sites excluding steroid dienone is 2. The van der Waals surface area contributed by atoms with E-state index in [-0.39, 0.29) is 0 Å². The number of hydrogen-bond acceptors (Lipinski definition) is 3. The Morgan fingerprint density at radius 1 is 1.50 bits per heavy atom. The predicted octanol–water partition coefficient (Wildman–Crippen LogP) is 2.00. The van der Waals surface area contributed by atoms with Crippen molar-refractivity contribution < 1.29 is 0 Å². The molecule has 0 amide bonds. The van der Waals surface area contributed by atoms with Gasteiger partial charge in [0.05, 0.1) is 6.54 Å². The van der Waals surface area contributed by atoms with Crippen LogP contribution in [-0.4, -0.2) is 27.4 Å². The van der Waals surface area contributed by atoms with E-state index in [1.54, 1.807) is 12.7 Å². The van der Waals surface area contributed by atoms with Crippen LogP contribution in [0.25, 0.3) is 0 Å². The van der Waals surface area contributed by atoms with Gasteiger partial charge >= 0.3 is 0 Å². The van der Waals surface area contributed by atoms with Gasteiger partial charge in [-0.05, 0) is 33.6 Å². The van der Waals surface area contributed by atoms with E-state index in [0.717, 1.165) is 19.5 Å². The summed E-state index contributed by atoms with van der Waals surface area (Å²) in [7, 11) is 0. The molecular weight excluding hydrogens is 200 g/mol. The molecule has 0 saturated carbocycles. The zero-order valence-electron chi connectivity index (χ0n) is 10.5. The monoisotopic (exact) mass is 222 g/mol. The van der Waals surface area contributed by atoms with Crippen LogP contribution >= 0.6 is 0 Å². The first-order chi connectivity index (χ1) is 7.68. The zero-order chi connectivity index (χ0) is 11.8. The fourth-order valence-corrected chi connectivity index (χ4v) is 1.50. The molecule has 0 spiro atoms. The minimum Gasteiger partial charge on any atom is -0.312 e. The molecule has 90 valence electrons. The standard InChI is InChI=1S/C12H22N4/c1-11(2)5-4-6-12(3)14-7-8-16-10-13-9-15-16/h5,9-10,12,14H,4,6-8H2,1-3H3. The molecule has 0 bridgehead atoms. The first-order valence-corrected chi connectivity index (χ1v) is 5.87. The molecule has 0 fully saturated rings. The smallest absolute Gasteiger partial charge is 0.137 e. The van der Waals surface area contributed by atoms with E-state index in [1.807, 2.05) is 4.68 Å². The van der Waals surface area contributed by atoms with Crippen LogP contribution in [0.3, 0.4) is 0 Å². The second-order valence-corrected chi connectivity index (χ2v) is 4.37. The lowest BCUT2D eigenvalue weighted by molar-refractivity contribution is 0.477. The van der Waals surface area contributed by atoms with Crippen molar-refractivity contribution in [2.75, 3.05) is 6.54 Å². The molecule has 0 aliphatic heterocycles. The van der Waals surface area contributed by atoms with Gasteiger partial charge in [0.15, 0.2) is 0 Å². The molecule has 1 rings (SSSR count). The summed E-state index contributed by atoms with van der Waals surface area (Å²) in [4.78, 5) is 3.91. The first-order valence-electron chi connectivity index (χ1n) is 5.87. The van der Waals surface area contributed by atoms with Crippen LogP contribution in [0.15, 0.2) is 24.3 Å². The van der Waals surface area contributed by atoms with Gasteiger partial charge in [-0.2, -0.15) is 5.10 Å². The van der Waals surface area contributed by atoms with Gasteiger partial charge in [0, 0.05) is 12.6 Å². The minimum absolute atomic E-state index is 0.555. The summed E-state index contributed by atoms with van der Waals surface area (Å²) in [5.74, 6) is 0. The van der Waals surface area contributed by atoms with Crippen LogP contribution in [0, 0.1) is 0 Å². The van der Waals surface area contributed by atoms with E-state index in [4.69, 9.17) is 0 Å². The summed E-state index contributed by atoms with van der Waals surface area (Å²) >= 11 is 0. The first kappa shape index (κ1) is 12.9. The van der Waals surface area contributed by atoms with E-state index in [0.29, 0.717) is 6.04 Å². The highest BCUT2D eigenvalue weighted by Crippen LogP contribution is 2.00. The fraction of sp³-hybridized carbons (Fsp3) is 0.667. The molecule has 1 aromatic heterocycles. The van der Waals surface area contributed by atoms with Crippen molar-refractivity contribution in [3.8, 4) is 0 Å². The van der Waals surface area contributed by atoms with Gasteiger partial charge in [0.2, 0.25) is 0 Å². The maximum atomic E-state index is 4.05. The molecule has 0 saturated heterocycles. The highest BCUT2D eigenvalue weighted by Gasteiger charge is 1.99.